The third kappa shape index (κ3) is 4.72. The first-order chi connectivity index (χ1) is 14.9. The number of sulfone groups is 1. The van der Waals surface area contributed by atoms with Gasteiger partial charge in [-0.25, -0.2) is 8.42 Å². The Labute approximate surface area is 186 Å². The van der Waals surface area contributed by atoms with Crippen LogP contribution in [0.5, 0.6) is 11.5 Å². The highest BCUT2D eigenvalue weighted by Crippen LogP contribution is 2.44. The molecule has 2 saturated heterocycles. The van der Waals surface area contributed by atoms with Gasteiger partial charge in [-0.05, 0) is 24.1 Å². The molecule has 4 rings (SSSR count). The molecular formula is C22H24N2O5S2. The van der Waals surface area contributed by atoms with Crippen LogP contribution in [0.3, 0.4) is 0 Å². The van der Waals surface area contributed by atoms with Crippen molar-refractivity contribution >= 4 is 38.4 Å². The zero-order chi connectivity index (χ0) is 22.0. The lowest BCUT2D eigenvalue weighted by Gasteiger charge is -2.26. The van der Waals surface area contributed by atoms with Crippen LogP contribution in [-0.4, -0.2) is 56.5 Å². The number of carbonyl (C=O) groups is 1. The number of aliphatic imine (C=N–C) groups is 1. The number of ether oxygens (including phenoxy) is 2. The maximum atomic E-state index is 12.7. The number of amidine groups is 1. The fraction of sp³-hybridized carbons (Fsp3) is 0.364. The number of hydrogen-bond donors (Lipinski definition) is 0. The van der Waals surface area contributed by atoms with E-state index in [0.717, 1.165) is 5.56 Å². The normalized spacial score (nSPS) is 23.0. The second-order valence-electron chi connectivity index (χ2n) is 7.48. The van der Waals surface area contributed by atoms with Gasteiger partial charge in [-0.3, -0.25) is 4.79 Å². The van der Waals surface area contributed by atoms with Crippen molar-refractivity contribution in [2.24, 2.45) is 4.99 Å². The van der Waals surface area contributed by atoms with Crippen LogP contribution in [0.2, 0.25) is 0 Å². The summed E-state index contributed by atoms with van der Waals surface area (Å²) in [5.41, 5.74) is 1.75. The predicted octanol–water partition coefficient (Wildman–Crippen LogP) is 2.94. The van der Waals surface area contributed by atoms with Crippen LogP contribution >= 0.6 is 11.8 Å². The van der Waals surface area contributed by atoms with E-state index in [4.69, 9.17) is 9.47 Å². The van der Waals surface area contributed by atoms with Crippen molar-refractivity contribution in [2.45, 2.75) is 24.1 Å². The predicted molar refractivity (Wildman–Crippen MR) is 123 cm³/mol. The van der Waals surface area contributed by atoms with Crippen LogP contribution in [0.15, 0.2) is 53.5 Å². The fourth-order valence-corrected chi connectivity index (χ4v) is 7.81. The number of hydrogen-bond acceptors (Lipinski definition) is 6. The first-order valence-corrected chi connectivity index (χ1v) is 12.6. The maximum absolute atomic E-state index is 12.7. The van der Waals surface area contributed by atoms with Crippen molar-refractivity contribution in [3.63, 3.8) is 0 Å². The largest absolute Gasteiger partial charge is 0.497 e. The summed E-state index contributed by atoms with van der Waals surface area (Å²) in [5.74, 6) is 1.03. The van der Waals surface area contributed by atoms with Crippen molar-refractivity contribution < 1.29 is 22.7 Å². The van der Waals surface area contributed by atoms with Gasteiger partial charge in [-0.1, -0.05) is 42.1 Å². The zero-order valence-electron chi connectivity index (χ0n) is 17.4. The fourth-order valence-electron chi connectivity index (χ4n) is 3.89. The van der Waals surface area contributed by atoms with Gasteiger partial charge >= 0.3 is 0 Å². The van der Waals surface area contributed by atoms with Crippen LogP contribution in [0.1, 0.15) is 12.0 Å². The number of rotatable bonds is 6. The number of thioether (sulfide) groups is 1. The number of nitrogens with zero attached hydrogens (tertiary/aromatic N) is 2. The molecule has 1 amide bonds. The van der Waals surface area contributed by atoms with Crippen LogP contribution < -0.4 is 14.4 Å². The lowest BCUT2D eigenvalue weighted by molar-refractivity contribution is -0.117. The number of amides is 1. The van der Waals surface area contributed by atoms with Gasteiger partial charge in [-0.15, -0.1) is 0 Å². The molecule has 0 aliphatic carbocycles. The average molecular weight is 461 g/mol. The SMILES string of the molecule is COc1ccc(N2C(=NC(=O)CCc3ccccc3)S[C@@H]3CS(=O)(=O)C[C@@H]32)c(OC)c1. The van der Waals surface area contributed by atoms with E-state index in [2.05, 4.69) is 4.99 Å². The van der Waals surface area contributed by atoms with E-state index in [1.54, 1.807) is 26.4 Å². The quantitative estimate of drug-likeness (QED) is 0.655. The molecule has 0 aromatic heterocycles. The monoisotopic (exact) mass is 460 g/mol. The summed E-state index contributed by atoms with van der Waals surface area (Å²) >= 11 is 1.35. The van der Waals surface area contributed by atoms with Crippen molar-refractivity contribution in [2.75, 3.05) is 30.6 Å². The Balaban J connectivity index is 1.63. The Hall–Kier alpha value is -2.52. The van der Waals surface area contributed by atoms with Gasteiger partial charge in [0, 0.05) is 17.7 Å². The van der Waals surface area contributed by atoms with Gasteiger partial charge in [0.1, 0.15) is 11.5 Å². The highest BCUT2D eigenvalue weighted by atomic mass is 32.2. The molecule has 0 radical (unpaired) electrons. The Morgan fingerprint density at radius 1 is 1.13 bits per heavy atom. The lowest BCUT2D eigenvalue weighted by atomic mass is 10.1. The molecule has 2 atom stereocenters. The van der Waals surface area contributed by atoms with Crippen LogP contribution in [-0.2, 0) is 21.1 Å². The Morgan fingerprint density at radius 2 is 1.90 bits per heavy atom. The van der Waals surface area contributed by atoms with E-state index in [9.17, 15) is 13.2 Å². The van der Waals surface area contributed by atoms with Crippen LogP contribution in [0.4, 0.5) is 5.69 Å². The number of carbonyl (C=O) groups excluding carboxylic acids is 1. The molecule has 0 saturated carbocycles. The maximum Gasteiger partial charge on any atom is 0.248 e. The molecule has 2 aliphatic rings. The van der Waals surface area contributed by atoms with Gasteiger partial charge in [0.25, 0.3) is 0 Å². The molecule has 9 heteroatoms. The van der Waals surface area contributed by atoms with Gasteiger partial charge in [0.15, 0.2) is 15.0 Å². The minimum Gasteiger partial charge on any atom is -0.497 e. The minimum absolute atomic E-state index is 0.0249. The number of benzene rings is 2. The van der Waals surface area contributed by atoms with E-state index in [-0.39, 0.29) is 35.1 Å². The minimum atomic E-state index is -3.14. The van der Waals surface area contributed by atoms with Crippen LogP contribution in [0.25, 0.3) is 0 Å². The van der Waals surface area contributed by atoms with Crippen molar-refractivity contribution in [3.8, 4) is 11.5 Å². The van der Waals surface area contributed by atoms with Gasteiger partial charge < -0.3 is 14.4 Å². The summed E-state index contributed by atoms with van der Waals surface area (Å²) in [7, 11) is -0.0296. The molecule has 0 N–H and O–H groups in total. The summed E-state index contributed by atoms with van der Waals surface area (Å²) in [5, 5.41) is 0.351. The molecule has 31 heavy (non-hydrogen) atoms. The Bertz CT molecular complexity index is 1100. The molecule has 0 unspecified atom stereocenters. The Kier molecular flexibility index (Phi) is 6.24. The molecule has 2 aromatic rings. The van der Waals surface area contributed by atoms with E-state index >= 15 is 0 Å². The van der Waals surface area contributed by atoms with Crippen molar-refractivity contribution in [3.05, 3.63) is 54.1 Å². The molecule has 164 valence electrons. The van der Waals surface area contributed by atoms with E-state index in [0.29, 0.717) is 28.8 Å². The second-order valence-corrected chi connectivity index (χ2v) is 10.8. The standard InChI is InChI=1S/C22H24N2O5S2/c1-28-16-9-10-17(19(12-16)29-2)24-18-13-31(26,27)14-20(18)30-22(24)23-21(25)11-8-15-6-4-3-5-7-15/h3-7,9-10,12,18,20H,8,11,13-14H2,1-2H3/t18-,20+/m0/s1. The zero-order valence-corrected chi connectivity index (χ0v) is 19.0. The number of anilines is 1. The van der Waals surface area contributed by atoms with E-state index in [1.165, 1.54) is 11.8 Å². The highest BCUT2D eigenvalue weighted by Gasteiger charge is 2.50. The topological polar surface area (TPSA) is 85.3 Å². The smallest absolute Gasteiger partial charge is 0.248 e. The van der Waals surface area contributed by atoms with Crippen molar-refractivity contribution in [1.82, 2.24) is 0 Å². The molecule has 2 aliphatic heterocycles. The third-order valence-corrected chi connectivity index (χ3v) is 8.61. The number of fused-ring (bicyclic) bond motifs is 1. The first-order valence-electron chi connectivity index (χ1n) is 9.94. The van der Waals surface area contributed by atoms with Gasteiger partial charge in [0.05, 0.1) is 37.5 Å². The second kappa shape index (κ2) is 8.92. The molecule has 2 fully saturated rings. The molecule has 0 spiro atoms. The van der Waals surface area contributed by atoms with E-state index < -0.39 is 9.84 Å². The summed E-state index contributed by atoms with van der Waals surface area (Å²) in [6.07, 6.45) is 0.892. The first kappa shape index (κ1) is 21.7. The molecular weight excluding hydrogens is 436 g/mol. The molecule has 7 nitrogen and oxygen atoms in total. The van der Waals surface area contributed by atoms with E-state index in [1.807, 2.05) is 41.3 Å². The highest BCUT2D eigenvalue weighted by molar-refractivity contribution is 8.16. The van der Waals surface area contributed by atoms with Crippen molar-refractivity contribution in [1.29, 1.82) is 0 Å². The molecule has 2 heterocycles. The van der Waals surface area contributed by atoms with Gasteiger partial charge in [-0.2, -0.15) is 4.99 Å². The molecule has 2 aromatic carbocycles. The summed E-state index contributed by atoms with van der Waals surface area (Å²) in [6.45, 7) is 0. The lowest BCUT2D eigenvalue weighted by Crippen LogP contribution is -2.38. The third-order valence-electron chi connectivity index (χ3n) is 5.40. The van der Waals surface area contributed by atoms with Crippen LogP contribution in [0, 0.1) is 0 Å². The number of aryl methyl sites for hydroxylation is 1. The number of methoxy groups -OCH3 is 2. The average Bonchev–Trinajstić information content (AvgIpc) is 3.23. The molecule has 0 bridgehead atoms. The summed E-state index contributed by atoms with van der Waals surface area (Å²) < 4.78 is 35.3. The summed E-state index contributed by atoms with van der Waals surface area (Å²) in [4.78, 5) is 18.9. The van der Waals surface area contributed by atoms with Gasteiger partial charge in [0.2, 0.25) is 5.91 Å². The Morgan fingerprint density at radius 3 is 2.61 bits per heavy atom. The summed E-state index contributed by atoms with van der Waals surface area (Å²) in [6, 6.07) is 14.8.